The van der Waals surface area contributed by atoms with Gasteiger partial charge in [-0.3, -0.25) is 0 Å². The molecule has 0 bridgehead atoms. The second kappa shape index (κ2) is 15.0. The Morgan fingerprint density at radius 2 is 1.32 bits per heavy atom. The molecule has 34 heavy (non-hydrogen) atoms. The van der Waals surface area contributed by atoms with Gasteiger partial charge in [-0.15, -0.1) is 0 Å². The maximum absolute atomic E-state index is 10.4. The minimum Gasteiger partial charge on any atom is -0.507 e. The molecule has 198 valence electrons. The molecule has 2 unspecified atom stereocenters. The van der Waals surface area contributed by atoms with Gasteiger partial charge in [0.2, 0.25) is 0 Å². The van der Waals surface area contributed by atoms with Crippen molar-refractivity contribution in [2.24, 2.45) is 17.8 Å². The third-order valence-corrected chi connectivity index (χ3v) is 7.87. The van der Waals surface area contributed by atoms with Gasteiger partial charge in [-0.2, -0.15) is 0 Å². The maximum atomic E-state index is 10.4. The molecule has 0 radical (unpaired) electrons. The zero-order valence-corrected chi connectivity index (χ0v) is 24.0. The van der Waals surface area contributed by atoms with Crippen LogP contribution >= 0.6 is 0 Å². The van der Waals surface area contributed by atoms with Gasteiger partial charge in [-0.1, -0.05) is 72.6 Å². The number of ether oxygens (including phenoxy) is 1. The van der Waals surface area contributed by atoms with Crippen LogP contribution in [0.5, 0.6) is 11.5 Å². The Morgan fingerprint density at radius 3 is 1.85 bits per heavy atom. The summed E-state index contributed by atoms with van der Waals surface area (Å²) in [7, 11) is 0. The summed E-state index contributed by atoms with van der Waals surface area (Å²) in [6.45, 7) is 19.9. The lowest BCUT2D eigenvalue weighted by Crippen LogP contribution is -2.37. The van der Waals surface area contributed by atoms with Gasteiger partial charge in [0.15, 0.2) is 0 Å². The quantitative estimate of drug-likeness (QED) is 0.317. The molecule has 0 aromatic heterocycles. The van der Waals surface area contributed by atoms with Crippen molar-refractivity contribution in [3.63, 3.8) is 0 Å². The minimum atomic E-state index is -0.0712. The van der Waals surface area contributed by atoms with Crippen molar-refractivity contribution in [2.75, 3.05) is 6.61 Å². The smallest absolute Gasteiger partial charge is 0.127 e. The molecule has 0 aliphatic carbocycles. The Morgan fingerprint density at radius 1 is 0.824 bits per heavy atom. The van der Waals surface area contributed by atoms with Crippen LogP contribution in [-0.2, 0) is 6.42 Å². The highest BCUT2D eigenvalue weighted by atomic mass is 16.5. The standard InChI is InChI=1S/C29H50O2.C2H6O/c1-20(2)12-9-13-21(3)14-10-15-22(4)16-11-18-29(8)19-17-26-25(7)27(30)23(5)24(6)28(26)31-29;1-2-3/h20-22,30H,9-19H2,1-8H3;3H,2H2,1H3/t21?,22?,29-;/m1./s1. The number of phenolic OH excluding ortho intramolecular Hbond substituents is 1. The molecule has 2 N–H and O–H groups in total. The van der Waals surface area contributed by atoms with Crippen LogP contribution in [0.4, 0.5) is 0 Å². The number of rotatable bonds is 12. The summed E-state index contributed by atoms with van der Waals surface area (Å²) in [5, 5.41) is 18.0. The van der Waals surface area contributed by atoms with Gasteiger partial charge in [0.25, 0.3) is 0 Å². The Bertz CT molecular complexity index is 724. The Balaban J connectivity index is 0.00000182. The highest BCUT2D eigenvalue weighted by Crippen LogP contribution is 2.44. The second-order valence-corrected chi connectivity index (χ2v) is 11.8. The van der Waals surface area contributed by atoms with Crippen LogP contribution in [0.2, 0.25) is 0 Å². The number of aromatic hydroxyl groups is 1. The first-order chi connectivity index (χ1) is 16.0. The van der Waals surface area contributed by atoms with Gasteiger partial charge in [-0.25, -0.2) is 0 Å². The summed E-state index contributed by atoms with van der Waals surface area (Å²) in [5.41, 5.74) is 4.23. The molecule has 3 heteroatoms. The molecule has 0 spiro atoms. The lowest BCUT2D eigenvalue weighted by Gasteiger charge is -2.38. The van der Waals surface area contributed by atoms with Gasteiger partial charge in [0, 0.05) is 12.2 Å². The fourth-order valence-corrected chi connectivity index (χ4v) is 5.27. The molecule has 1 aromatic carbocycles. The molecule has 3 nitrogen and oxygen atoms in total. The predicted octanol–water partition coefficient (Wildman–Crippen LogP) is 8.84. The average molecular weight is 477 g/mol. The molecule has 1 aliphatic rings. The molecule has 1 heterocycles. The largest absolute Gasteiger partial charge is 0.507 e. The lowest BCUT2D eigenvalue weighted by atomic mass is 9.84. The minimum absolute atomic E-state index is 0.0712. The number of hydrogen-bond acceptors (Lipinski definition) is 3. The normalized spacial score (nSPS) is 19.1. The summed E-state index contributed by atoms with van der Waals surface area (Å²) in [4.78, 5) is 0. The molecule has 1 aromatic rings. The number of phenols is 1. The molecule has 0 saturated heterocycles. The van der Waals surface area contributed by atoms with E-state index in [4.69, 9.17) is 9.84 Å². The second-order valence-electron chi connectivity index (χ2n) is 11.8. The summed E-state index contributed by atoms with van der Waals surface area (Å²) in [6.07, 6.45) is 14.1. The van der Waals surface area contributed by atoms with Gasteiger partial charge >= 0.3 is 0 Å². The van der Waals surface area contributed by atoms with Crippen molar-refractivity contribution < 1.29 is 14.9 Å². The molecule has 1 aliphatic heterocycles. The van der Waals surface area contributed by atoms with E-state index in [9.17, 15) is 5.11 Å². The number of hydrogen-bond donors (Lipinski definition) is 2. The van der Waals surface area contributed by atoms with E-state index in [0.717, 1.165) is 59.5 Å². The van der Waals surface area contributed by atoms with E-state index in [1.54, 1.807) is 6.92 Å². The van der Waals surface area contributed by atoms with E-state index in [2.05, 4.69) is 41.5 Å². The molecule has 3 atom stereocenters. The lowest BCUT2D eigenvalue weighted by molar-refractivity contribution is 0.0512. The molecule has 0 amide bonds. The van der Waals surface area contributed by atoms with Crippen molar-refractivity contribution >= 4 is 0 Å². The van der Waals surface area contributed by atoms with Crippen LogP contribution in [0.25, 0.3) is 0 Å². The van der Waals surface area contributed by atoms with Crippen LogP contribution < -0.4 is 4.74 Å². The van der Waals surface area contributed by atoms with Gasteiger partial charge in [0.05, 0.1) is 0 Å². The van der Waals surface area contributed by atoms with E-state index in [0.29, 0.717) is 5.75 Å². The van der Waals surface area contributed by atoms with Crippen LogP contribution in [0.1, 0.15) is 128 Å². The number of benzene rings is 1. The van der Waals surface area contributed by atoms with E-state index in [1.807, 2.05) is 13.8 Å². The first-order valence-corrected chi connectivity index (χ1v) is 14.1. The van der Waals surface area contributed by atoms with Crippen molar-refractivity contribution in [1.82, 2.24) is 0 Å². The molecule has 0 saturated carbocycles. The van der Waals surface area contributed by atoms with Crippen LogP contribution in [0, 0.1) is 38.5 Å². The number of fused-ring (bicyclic) bond motifs is 1. The van der Waals surface area contributed by atoms with Crippen molar-refractivity contribution in [2.45, 2.75) is 139 Å². The number of aliphatic hydroxyl groups is 1. The SMILES string of the molecule is CCO.Cc1c(C)c2c(c(C)c1O)CC[C@@](C)(CCCC(C)CCCC(C)CCCC(C)C)O2. The van der Waals surface area contributed by atoms with Crippen LogP contribution in [0.15, 0.2) is 0 Å². The summed E-state index contributed by atoms with van der Waals surface area (Å²) in [5.74, 6) is 4.04. The summed E-state index contributed by atoms with van der Waals surface area (Å²) >= 11 is 0. The maximum Gasteiger partial charge on any atom is 0.127 e. The third kappa shape index (κ3) is 9.80. The van der Waals surface area contributed by atoms with Crippen LogP contribution in [0.3, 0.4) is 0 Å². The zero-order chi connectivity index (χ0) is 25.9. The summed E-state index contributed by atoms with van der Waals surface area (Å²) < 4.78 is 6.60. The first-order valence-electron chi connectivity index (χ1n) is 14.1. The van der Waals surface area contributed by atoms with E-state index in [-0.39, 0.29) is 12.2 Å². The highest BCUT2D eigenvalue weighted by Gasteiger charge is 2.34. The van der Waals surface area contributed by atoms with Crippen molar-refractivity contribution in [3.8, 4) is 11.5 Å². The highest BCUT2D eigenvalue weighted by molar-refractivity contribution is 5.58. The first kappa shape index (κ1) is 30.8. The Labute approximate surface area is 211 Å². The monoisotopic (exact) mass is 476 g/mol. The average Bonchev–Trinajstić information content (AvgIpc) is 2.76. The van der Waals surface area contributed by atoms with Crippen LogP contribution in [-0.4, -0.2) is 22.4 Å². The molecule has 0 fully saturated rings. The summed E-state index contributed by atoms with van der Waals surface area (Å²) in [6, 6.07) is 0. The Kier molecular flexibility index (Phi) is 13.6. The number of aliphatic hydroxyl groups excluding tert-OH is 1. The fourth-order valence-electron chi connectivity index (χ4n) is 5.27. The fraction of sp³-hybridized carbons (Fsp3) is 0.806. The van der Waals surface area contributed by atoms with Gasteiger partial charge in [-0.05, 0) is 94.7 Å². The van der Waals surface area contributed by atoms with Gasteiger partial charge in [0.1, 0.15) is 17.1 Å². The predicted molar refractivity (Wildman–Crippen MR) is 147 cm³/mol. The molecular formula is C31H56O3. The van der Waals surface area contributed by atoms with E-state index in [1.165, 1.54) is 56.9 Å². The van der Waals surface area contributed by atoms with E-state index >= 15 is 0 Å². The van der Waals surface area contributed by atoms with Gasteiger partial charge < -0.3 is 14.9 Å². The Hall–Kier alpha value is -1.22. The van der Waals surface area contributed by atoms with Crippen molar-refractivity contribution in [1.29, 1.82) is 0 Å². The topological polar surface area (TPSA) is 49.7 Å². The molecule has 2 rings (SSSR count). The molecular weight excluding hydrogens is 420 g/mol. The third-order valence-electron chi connectivity index (χ3n) is 7.87. The van der Waals surface area contributed by atoms with E-state index < -0.39 is 0 Å². The zero-order valence-electron chi connectivity index (χ0n) is 24.0. The van der Waals surface area contributed by atoms with Crippen molar-refractivity contribution in [3.05, 3.63) is 22.3 Å².